The minimum absolute atomic E-state index is 0.165. The van der Waals surface area contributed by atoms with Crippen LogP contribution in [-0.4, -0.2) is 25.7 Å². The molecule has 7 nitrogen and oxygen atoms in total. The molecule has 7 heteroatoms. The lowest BCUT2D eigenvalue weighted by Crippen LogP contribution is -2.27. The predicted molar refractivity (Wildman–Crippen MR) is 90.7 cm³/mol. The summed E-state index contributed by atoms with van der Waals surface area (Å²) >= 11 is 0. The Hall–Kier alpha value is -3.22. The highest BCUT2D eigenvalue weighted by Gasteiger charge is 2.15. The Morgan fingerprint density at radius 2 is 1.88 bits per heavy atom. The molecule has 2 N–H and O–H groups in total. The second-order valence-electron chi connectivity index (χ2n) is 5.38. The van der Waals surface area contributed by atoms with Crippen LogP contribution in [0.25, 0.3) is 0 Å². The van der Waals surface area contributed by atoms with Gasteiger partial charge in [0.2, 0.25) is 18.6 Å². The van der Waals surface area contributed by atoms with Crippen LogP contribution >= 0.6 is 0 Å². The highest BCUT2D eigenvalue weighted by atomic mass is 16.7. The average molecular weight is 342 g/mol. The molecular weight excluding hydrogens is 324 g/mol. The molecule has 0 bridgehead atoms. The van der Waals surface area contributed by atoms with Gasteiger partial charge < -0.3 is 24.8 Å². The number of fused-ring (bicyclic) bond motifs is 1. The predicted octanol–water partition coefficient (Wildman–Crippen LogP) is 2.07. The van der Waals surface area contributed by atoms with Crippen molar-refractivity contribution in [2.24, 2.45) is 0 Å². The summed E-state index contributed by atoms with van der Waals surface area (Å²) in [6.07, 6.45) is -0.274. The van der Waals surface area contributed by atoms with Crippen LogP contribution in [0, 0.1) is 0 Å². The molecule has 2 amide bonds. The maximum Gasteiger partial charge on any atom is 0.233 e. The molecule has 1 heterocycles. The summed E-state index contributed by atoms with van der Waals surface area (Å²) in [6, 6.07) is 12.4. The number of benzene rings is 2. The molecule has 1 aliphatic heterocycles. The molecule has 0 fully saturated rings. The van der Waals surface area contributed by atoms with Gasteiger partial charge in [-0.15, -0.1) is 0 Å². The number of hydrogen-bond donors (Lipinski definition) is 2. The van der Waals surface area contributed by atoms with Crippen LogP contribution < -0.4 is 24.8 Å². The summed E-state index contributed by atoms with van der Waals surface area (Å²) in [4.78, 5) is 23.9. The van der Waals surface area contributed by atoms with Crippen molar-refractivity contribution in [1.82, 2.24) is 5.32 Å². The van der Waals surface area contributed by atoms with Crippen LogP contribution in [0.1, 0.15) is 12.0 Å². The first kappa shape index (κ1) is 16.6. The lowest BCUT2D eigenvalue weighted by molar-refractivity contribution is -0.126. The number of methoxy groups -OCH3 is 1. The maximum atomic E-state index is 12.0. The molecule has 130 valence electrons. The summed E-state index contributed by atoms with van der Waals surface area (Å²) in [7, 11) is 1.57. The van der Waals surface area contributed by atoms with E-state index >= 15 is 0 Å². The number of carbonyl (C=O) groups is 2. The third kappa shape index (κ3) is 4.20. The average Bonchev–Trinajstić information content (AvgIpc) is 3.07. The summed E-state index contributed by atoms with van der Waals surface area (Å²) in [5, 5.41) is 5.37. The zero-order valence-electron chi connectivity index (χ0n) is 13.7. The standard InChI is InChI=1S/C18H18N2O5/c1-23-14-5-3-2-4-12(14)10-19-17(21)9-18(22)20-13-6-7-15-16(8-13)25-11-24-15/h2-8H,9-11H2,1H3,(H,19,21)(H,20,22). The Labute approximate surface area is 144 Å². The molecule has 0 radical (unpaired) electrons. The number of carbonyl (C=O) groups excluding carboxylic acids is 2. The molecule has 0 spiro atoms. The van der Waals surface area contributed by atoms with Crippen molar-refractivity contribution in [3.63, 3.8) is 0 Å². The van der Waals surface area contributed by atoms with Gasteiger partial charge in [-0.1, -0.05) is 18.2 Å². The normalized spacial score (nSPS) is 11.7. The fraction of sp³-hybridized carbons (Fsp3) is 0.222. The fourth-order valence-electron chi connectivity index (χ4n) is 2.43. The molecular formula is C18H18N2O5. The van der Waals surface area contributed by atoms with Gasteiger partial charge in [0.05, 0.1) is 7.11 Å². The summed E-state index contributed by atoms with van der Waals surface area (Å²) in [6.45, 7) is 0.457. The van der Waals surface area contributed by atoms with Gasteiger partial charge in [-0.25, -0.2) is 0 Å². The zero-order chi connectivity index (χ0) is 17.6. The van der Waals surface area contributed by atoms with Gasteiger partial charge >= 0.3 is 0 Å². The Balaban J connectivity index is 1.50. The van der Waals surface area contributed by atoms with Gasteiger partial charge in [0.25, 0.3) is 0 Å². The van der Waals surface area contributed by atoms with Crippen molar-refractivity contribution >= 4 is 17.5 Å². The SMILES string of the molecule is COc1ccccc1CNC(=O)CC(=O)Nc1ccc2c(c1)OCO2. The molecule has 2 aromatic rings. The summed E-state index contributed by atoms with van der Waals surface area (Å²) < 4.78 is 15.7. The van der Waals surface area contributed by atoms with Gasteiger partial charge in [0, 0.05) is 23.9 Å². The molecule has 25 heavy (non-hydrogen) atoms. The second-order valence-corrected chi connectivity index (χ2v) is 5.38. The van der Waals surface area contributed by atoms with Crippen LogP contribution in [0.15, 0.2) is 42.5 Å². The van der Waals surface area contributed by atoms with E-state index in [-0.39, 0.29) is 19.1 Å². The zero-order valence-corrected chi connectivity index (χ0v) is 13.7. The van der Waals surface area contributed by atoms with Crippen molar-refractivity contribution in [2.45, 2.75) is 13.0 Å². The van der Waals surface area contributed by atoms with E-state index in [0.29, 0.717) is 29.5 Å². The topological polar surface area (TPSA) is 85.9 Å². The minimum Gasteiger partial charge on any atom is -0.496 e. The van der Waals surface area contributed by atoms with Gasteiger partial charge in [0.15, 0.2) is 11.5 Å². The van der Waals surface area contributed by atoms with E-state index in [1.54, 1.807) is 25.3 Å². The third-order valence-corrected chi connectivity index (χ3v) is 3.65. The summed E-state index contributed by atoms with van der Waals surface area (Å²) in [5.74, 6) is 1.11. The number of ether oxygens (including phenoxy) is 3. The smallest absolute Gasteiger partial charge is 0.233 e. The quantitative estimate of drug-likeness (QED) is 0.785. The Kier molecular flexibility index (Phi) is 5.03. The molecule has 3 rings (SSSR count). The molecule has 0 aliphatic carbocycles. The third-order valence-electron chi connectivity index (χ3n) is 3.65. The minimum atomic E-state index is -0.406. The van der Waals surface area contributed by atoms with E-state index in [9.17, 15) is 9.59 Å². The molecule has 0 unspecified atom stereocenters. The largest absolute Gasteiger partial charge is 0.496 e. The summed E-state index contributed by atoms with van der Waals surface area (Å²) in [5.41, 5.74) is 1.39. The van der Waals surface area contributed by atoms with E-state index in [1.165, 1.54) is 0 Å². The van der Waals surface area contributed by atoms with Gasteiger partial charge in [-0.05, 0) is 18.2 Å². The van der Waals surface area contributed by atoms with Crippen LogP contribution in [-0.2, 0) is 16.1 Å². The van der Waals surface area contributed by atoms with Gasteiger partial charge in [-0.2, -0.15) is 0 Å². The first-order valence-corrected chi connectivity index (χ1v) is 7.74. The van der Waals surface area contributed by atoms with Crippen molar-refractivity contribution in [1.29, 1.82) is 0 Å². The van der Waals surface area contributed by atoms with Crippen LogP contribution in [0.5, 0.6) is 17.2 Å². The molecule has 0 atom stereocenters. The van der Waals surface area contributed by atoms with Gasteiger partial charge in [0.1, 0.15) is 12.2 Å². The van der Waals surface area contributed by atoms with Crippen molar-refractivity contribution in [2.75, 3.05) is 19.2 Å². The molecule has 1 aliphatic rings. The Morgan fingerprint density at radius 1 is 1.08 bits per heavy atom. The van der Waals surface area contributed by atoms with Crippen molar-refractivity contribution in [3.05, 3.63) is 48.0 Å². The molecule has 0 saturated heterocycles. The number of nitrogens with one attached hydrogen (secondary N) is 2. The lowest BCUT2D eigenvalue weighted by Gasteiger charge is -2.10. The Bertz CT molecular complexity index is 791. The maximum absolute atomic E-state index is 12.0. The van der Waals surface area contributed by atoms with E-state index in [1.807, 2.05) is 24.3 Å². The highest BCUT2D eigenvalue weighted by molar-refractivity contribution is 6.03. The second kappa shape index (κ2) is 7.57. The lowest BCUT2D eigenvalue weighted by atomic mass is 10.2. The van der Waals surface area contributed by atoms with E-state index in [4.69, 9.17) is 14.2 Å². The van der Waals surface area contributed by atoms with E-state index < -0.39 is 5.91 Å². The molecule has 0 aromatic heterocycles. The number of anilines is 1. The van der Waals surface area contributed by atoms with E-state index in [0.717, 1.165) is 5.56 Å². The van der Waals surface area contributed by atoms with Crippen LogP contribution in [0.3, 0.4) is 0 Å². The van der Waals surface area contributed by atoms with Gasteiger partial charge in [-0.3, -0.25) is 9.59 Å². The van der Waals surface area contributed by atoms with Crippen molar-refractivity contribution in [3.8, 4) is 17.2 Å². The molecule has 0 saturated carbocycles. The first-order valence-electron chi connectivity index (χ1n) is 7.74. The highest BCUT2D eigenvalue weighted by Crippen LogP contribution is 2.34. The number of hydrogen-bond acceptors (Lipinski definition) is 5. The fourth-order valence-corrected chi connectivity index (χ4v) is 2.43. The van der Waals surface area contributed by atoms with E-state index in [2.05, 4.69) is 10.6 Å². The van der Waals surface area contributed by atoms with Crippen LogP contribution in [0.4, 0.5) is 5.69 Å². The molecule has 2 aromatic carbocycles. The monoisotopic (exact) mass is 342 g/mol. The first-order chi connectivity index (χ1) is 12.2. The number of para-hydroxylation sites is 1. The Morgan fingerprint density at radius 3 is 2.72 bits per heavy atom. The number of rotatable bonds is 6. The number of amides is 2. The van der Waals surface area contributed by atoms with Crippen LogP contribution in [0.2, 0.25) is 0 Å². The van der Waals surface area contributed by atoms with Crippen molar-refractivity contribution < 1.29 is 23.8 Å².